The maximum absolute atomic E-state index is 12.8. The molecule has 0 bridgehead atoms. The number of fused-ring (bicyclic) bond motifs is 3. The number of hydrogen-bond acceptors (Lipinski definition) is 7. The first-order valence-electron chi connectivity index (χ1n) is 11.2. The molecule has 2 aromatic carbocycles. The predicted octanol–water partition coefficient (Wildman–Crippen LogP) is 3.98. The van der Waals surface area contributed by atoms with E-state index in [1.165, 1.54) is 11.8 Å². The molecular formula is C26H31NO6S. The minimum Gasteiger partial charge on any atom is -0.479 e. The number of hydrogen-bond donors (Lipinski definition) is 2. The Labute approximate surface area is 204 Å². The summed E-state index contributed by atoms with van der Waals surface area (Å²) in [7, 11) is 0. The summed E-state index contributed by atoms with van der Waals surface area (Å²) in [5.41, 5.74) is 7.50. The molecule has 0 saturated carbocycles. The topological polar surface area (TPSA) is 116 Å². The first-order valence-corrected chi connectivity index (χ1v) is 12.4. The van der Waals surface area contributed by atoms with E-state index < -0.39 is 23.1 Å². The Kier molecular flexibility index (Phi) is 8.05. The Morgan fingerprint density at radius 2 is 1.56 bits per heavy atom. The van der Waals surface area contributed by atoms with Crippen molar-refractivity contribution in [3.8, 4) is 11.1 Å². The van der Waals surface area contributed by atoms with Crippen molar-refractivity contribution in [2.24, 2.45) is 5.73 Å². The number of esters is 2. The van der Waals surface area contributed by atoms with Gasteiger partial charge in [-0.2, -0.15) is 11.8 Å². The highest BCUT2D eigenvalue weighted by Crippen LogP contribution is 2.44. The Bertz CT molecular complexity index is 1020. The summed E-state index contributed by atoms with van der Waals surface area (Å²) in [5, 5.41) is 9.67. The molecule has 0 radical (unpaired) electrons. The van der Waals surface area contributed by atoms with E-state index >= 15 is 0 Å². The van der Waals surface area contributed by atoms with Gasteiger partial charge in [0.15, 0.2) is 0 Å². The van der Waals surface area contributed by atoms with Crippen LogP contribution >= 0.6 is 11.8 Å². The second-order valence-electron chi connectivity index (χ2n) is 9.34. The maximum atomic E-state index is 12.8. The first kappa shape index (κ1) is 25.8. The minimum absolute atomic E-state index is 0.00238. The Balaban J connectivity index is 1.57. The summed E-state index contributed by atoms with van der Waals surface area (Å²) in [6, 6.07) is 15.8. The quantitative estimate of drug-likeness (QED) is 0.295. The molecule has 3 rings (SSSR count). The molecular weight excluding hydrogens is 454 g/mol. The molecule has 0 aromatic heterocycles. The summed E-state index contributed by atoms with van der Waals surface area (Å²) in [5.74, 6) is -2.61. The zero-order valence-corrected chi connectivity index (χ0v) is 20.5. The molecule has 3 N–H and O–H groups in total. The van der Waals surface area contributed by atoms with Crippen LogP contribution in [-0.2, 0) is 23.9 Å². The number of carboxylic acid groups (broad SMARTS) is 1. The van der Waals surface area contributed by atoms with E-state index in [1.807, 2.05) is 48.5 Å². The second kappa shape index (κ2) is 10.6. The number of nitrogens with two attached hydrogens (primary N) is 1. The van der Waals surface area contributed by atoms with Crippen LogP contribution in [-0.4, -0.2) is 52.3 Å². The highest BCUT2D eigenvalue weighted by molar-refractivity contribution is 7.99. The van der Waals surface area contributed by atoms with Crippen molar-refractivity contribution in [1.82, 2.24) is 0 Å². The van der Waals surface area contributed by atoms with Gasteiger partial charge < -0.3 is 20.3 Å². The zero-order chi connectivity index (χ0) is 24.9. The van der Waals surface area contributed by atoms with Gasteiger partial charge in [-0.25, -0.2) is 9.59 Å². The third kappa shape index (κ3) is 5.98. The minimum atomic E-state index is -2.17. The predicted molar refractivity (Wildman–Crippen MR) is 132 cm³/mol. The van der Waals surface area contributed by atoms with Crippen molar-refractivity contribution < 1.29 is 29.0 Å². The zero-order valence-electron chi connectivity index (χ0n) is 19.7. The van der Waals surface area contributed by atoms with E-state index in [-0.39, 0.29) is 30.7 Å². The van der Waals surface area contributed by atoms with Crippen molar-refractivity contribution >= 4 is 29.7 Å². The average molecular weight is 486 g/mol. The highest BCUT2D eigenvalue weighted by atomic mass is 32.2. The monoisotopic (exact) mass is 485 g/mol. The number of ether oxygens (including phenoxy) is 2. The molecule has 1 aliphatic rings. The van der Waals surface area contributed by atoms with Gasteiger partial charge in [0.05, 0.1) is 0 Å². The van der Waals surface area contributed by atoms with Crippen LogP contribution in [0.3, 0.4) is 0 Å². The van der Waals surface area contributed by atoms with Gasteiger partial charge in [-0.3, -0.25) is 4.79 Å². The lowest BCUT2D eigenvalue weighted by molar-refractivity contribution is -0.160. The molecule has 1 aliphatic carbocycles. The van der Waals surface area contributed by atoms with E-state index in [1.54, 1.807) is 20.8 Å². The second-order valence-corrected chi connectivity index (χ2v) is 10.4. The van der Waals surface area contributed by atoms with Gasteiger partial charge in [0.1, 0.15) is 12.2 Å². The van der Waals surface area contributed by atoms with Crippen molar-refractivity contribution in [3.05, 3.63) is 59.7 Å². The van der Waals surface area contributed by atoms with Crippen LogP contribution in [0.4, 0.5) is 0 Å². The summed E-state index contributed by atoms with van der Waals surface area (Å²) < 4.78 is 10.7. The van der Waals surface area contributed by atoms with Crippen LogP contribution in [0.5, 0.6) is 0 Å². The third-order valence-corrected chi connectivity index (χ3v) is 6.75. The van der Waals surface area contributed by atoms with Gasteiger partial charge in [-0.05, 0) is 55.2 Å². The van der Waals surface area contributed by atoms with Gasteiger partial charge in [0.25, 0.3) is 0 Å². The number of carbonyl (C=O) groups is 3. The Morgan fingerprint density at radius 3 is 2.09 bits per heavy atom. The summed E-state index contributed by atoms with van der Waals surface area (Å²) in [6.45, 7) is 5.39. The largest absolute Gasteiger partial charge is 0.479 e. The molecule has 0 amide bonds. The first-order chi connectivity index (χ1) is 16.0. The van der Waals surface area contributed by atoms with Crippen LogP contribution in [0, 0.1) is 0 Å². The smallest absolute Gasteiger partial charge is 0.338 e. The van der Waals surface area contributed by atoms with Crippen LogP contribution in [0.25, 0.3) is 11.1 Å². The SMILES string of the molecule is CC(C)(C)OC(=O)CCCSCC(N)(C(=O)O)C(=O)OCC1c2ccccc2-c2ccccc21. The number of thioether (sulfide) groups is 1. The fourth-order valence-electron chi connectivity index (χ4n) is 3.88. The number of carboxylic acids is 1. The molecule has 0 spiro atoms. The molecule has 0 saturated heterocycles. The molecule has 7 nitrogen and oxygen atoms in total. The molecule has 1 atom stereocenters. The van der Waals surface area contributed by atoms with E-state index in [2.05, 4.69) is 0 Å². The Hall–Kier alpha value is -2.84. The molecule has 1 unspecified atom stereocenters. The number of benzene rings is 2. The molecule has 2 aromatic rings. The lowest BCUT2D eigenvalue weighted by atomic mass is 9.98. The standard InChI is InChI=1S/C26H31NO6S/c1-25(2,3)33-22(28)13-8-14-34-16-26(27,23(29)30)24(31)32-15-21-19-11-6-4-9-17(19)18-10-5-7-12-20(18)21/h4-7,9-12,21H,8,13-16,27H2,1-3H3,(H,29,30). The molecule has 0 heterocycles. The normalized spacial score (nSPS) is 14.6. The van der Waals surface area contributed by atoms with E-state index in [0.717, 1.165) is 22.3 Å². The van der Waals surface area contributed by atoms with Gasteiger partial charge in [-0.15, -0.1) is 0 Å². The van der Waals surface area contributed by atoms with Crippen molar-refractivity contribution in [2.75, 3.05) is 18.1 Å². The molecule has 0 aliphatic heterocycles. The van der Waals surface area contributed by atoms with Gasteiger partial charge in [-0.1, -0.05) is 48.5 Å². The molecule has 0 fully saturated rings. The van der Waals surface area contributed by atoms with Crippen molar-refractivity contribution in [2.45, 2.75) is 50.7 Å². The van der Waals surface area contributed by atoms with Crippen LogP contribution in [0.1, 0.15) is 50.7 Å². The lowest BCUT2D eigenvalue weighted by Gasteiger charge is -2.24. The average Bonchev–Trinajstić information content (AvgIpc) is 3.09. The summed E-state index contributed by atoms with van der Waals surface area (Å²) in [6.07, 6.45) is 0.694. The van der Waals surface area contributed by atoms with Crippen LogP contribution in [0.2, 0.25) is 0 Å². The lowest BCUT2D eigenvalue weighted by Crippen LogP contribution is -2.58. The summed E-state index contributed by atoms with van der Waals surface area (Å²) >= 11 is 1.20. The molecule has 8 heteroatoms. The number of aliphatic carboxylic acids is 1. The fraction of sp³-hybridized carbons (Fsp3) is 0.423. The Morgan fingerprint density at radius 1 is 1.00 bits per heavy atom. The maximum Gasteiger partial charge on any atom is 0.338 e. The third-order valence-electron chi connectivity index (χ3n) is 5.51. The van der Waals surface area contributed by atoms with Gasteiger partial charge in [0.2, 0.25) is 5.54 Å². The number of rotatable bonds is 10. The van der Waals surface area contributed by atoms with E-state index in [4.69, 9.17) is 15.2 Å². The van der Waals surface area contributed by atoms with Crippen molar-refractivity contribution in [1.29, 1.82) is 0 Å². The van der Waals surface area contributed by atoms with E-state index in [0.29, 0.717) is 12.2 Å². The fourth-order valence-corrected chi connectivity index (χ4v) is 4.94. The van der Waals surface area contributed by atoms with Gasteiger partial charge in [0, 0.05) is 18.1 Å². The number of carbonyl (C=O) groups excluding carboxylic acids is 2. The summed E-state index contributed by atoms with van der Waals surface area (Å²) in [4.78, 5) is 36.5. The van der Waals surface area contributed by atoms with Crippen LogP contribution in [0.15, 0.2) is 48.5 Å². The van der Waals surface area contributed by atoms with Crippen LogP contribution < -0.4 is 5.73 Å². The van der Waals surface area contributed by atoms with Crippen molar-refractivity contribution in [3.63, 3.8) is 0 Å². The van der Waals surface area contributed by atoms with Gasteiger partial charge >= 0.3 is 17.9 Å². The molecule has 182 valence electrons. The van der Waals surface area contributed by atoms with E-state index in [9.17, 15) is 19.5 Å². The highest BCUT2D eigenvalue weighted by Gasteiger charge is 2.44. The molecule has 34 heavy (non-hydrogen) atoms.